The third-order valence-corrected chi connectivity index (χ3v) is 4.71. The first-order valence-electron chi connectivity index (χ1n) is 8.85. The Morgan fingerprint density at radius 2 is 1.83 bits per heavy atom. The molecule has 1 N–H and O–H groups in total. The molecule has 0 aliphatic carbocycles. The Balaban J connectivity index is 2.05. The van der Waals surface area contributed by atoms with Crippen LogP contribution in [0.1, 0.15) is 21.6 Å². The molecular formula is C20H22N4O5. The second-order valence-corrected chi connectivity index (χ2v) is 6.58. The zero-order chi connectivity index (χ0) is 21.3. The van der Waals surface area contributed by atoms with Gasteiger partial charge in [-0.1, -0.05) is 0 Å². The van der Waals surface area contributed by atoms with Crippen molar-refractivity contribution in [3.8, 4) is 11.5 Å². The van der Waals surface area contributed by atoms with Crippen LogP contribution in [0.3, 0.4) is 0 Å². The quantitative estimate of drug-likeness (QED) is 0.684. The van der Waals surface area contributed by atoms with Crippen molar-refractivity contribution in [1.29, 1.82) is 0 Å². The van der Waals surface area contributed by atoms with E-state index in [9.17, 15) is 14.4 Å². The average Bonchev–Trinajstić information content (AvgIpc) is 2.73. The molecule has 9 heteroatoms. The molecule has 2 heterocycles. The fraction of sp³-hybridized carbons (Fsp3) is 0.300. The number of carbonyl (C=O) groups excluding carboxylic acids is 1. The van der Waals surface area contributed by atoms with Crippen LogP contribution >= 0.6 is 0 Å². The van der Waals surface area contributed by atoms with Crippen LogP contribution in [-0.2, 0) is 20.6 Å². The van der Waals surface area contributed by atoms with Crippen molar-refractivity contribution in [1.82, 2.24) is 19.4 Å². The van der Waals surface area contributed by atoms with Crippen LogP contribution in [0.15, 0.2) is 33.9 Å². The number of rotatable bonds is 5. The van der Waals surface area contributed by atoms with Gasteiger partial charge in [-0.05, 0) is 31.2 Å². The molecule has 0 radical (unpaired) electrons. The smallest absolute Gasteiger partial charge is 0.332 e. The molecule has 0 aliphatic heterocycles. The Kier molecular flexibility index (Phi) is 5.40. The molecule has 3 aromatic rings. The largest absolute Gasteiger partial charge is 0.497 e. The van der Waals surface area contributed by atoms with Crippen molar-refractivity contribution in [3.63, 3.8) is 0 Å². The van der Waals surface area contributed by atoms with Gasteiger partial charge in [-0.15, -0.1) is 0 Å². The lowest BCUT2D eigenvalue weighted by Crippen LogP contribution is -2.38. The first kappa shape index (κ1) is 20.1. The zero-order valence-corrected chi connectivity index (χ0v) is 16.9. The van der Waals surface area contributed by atoms with E-state index in [1.54, 1.807) is 32.2 Å². The van der Waals surface area contributed by atoms with Crippen LogP contribution in [0.5, 0.6) is 11.5 Å². The second kappa shape index (κ2) is 7.78. The van der Waals surface area contributed by atoms with Gasteiger partial charge in [-0.2, -0.15) is 0 Å². The molecule has 0 saturated carbocycles. The molecule has 0 unspecified atom stereocenters. The normalized spacial score (nSPS) is 10.8. The van der Waals surface area contributed by atoms with Gasteiger partial charge in [0.2, 0.25) is 0 Å². The van der Waals surface area contributed by atoms with Gasteiger partial charge in [0.1, 0.15) is 17.1 Å². The summed E-state index contributed by atoms with van der Waals surface area (Å²) in [6.07, 6.45) is 0. The van der Waals surface area contributed by atoms with E-state index in [2.05, 4.69) is 10.3 Å². The Hall–Kier alpha value is -3.62. The summed E-state index contributed by atoms with van der Waals surface area (Å²) in [5.41, 5.74) is 0.487. The van der Waals surface area contributed by atoms with Crippen LogP contribution in [0, 0.1) is 6.92 Å². The van der Waals surface area contributed by atoms with E-state index in [0.29, 0.717) is 17.2 Å². The summed E-state index contributed by atoms with van der Waals surface area (Å²) in [6, 6.07) is 6.80. The van der Waals surface area contributed by atoms with Crippen molar-refractivity contribution >= 4 is 16.9 Å². The van der Waals surface area contributed by atoms with Gasteiger partial charge in [0.15, 0.2) is 0 Å². The molecule has 0 bridgehead atoms. The number of hydrogen-bond donors (Lipinski definition) is 1. The van der Waals surface area contributed by atoms with Crippen molar-refractivity contribution in [2.45, 2.75) is 13.5 Å². The molecule has 1 aromatic carbocycles. The third kappa shape index (κ3) is 3.58. The van der Waals surface area contributed by atoms with Gasteiger partial charge >= 0.3 is 5.69 Å². The maximum absolute atomic E-state index is 13.0. The SMILES string of the molecule is COc1ccc(OC)c(CNC(=O)c2cc(C)nc3c2c(=O)n(C)c(=O)n3C)c1. The van der Waals surface area contributed by atoms with Gasteiger partial charge in [0.25, 0.3) is 11.5 Å². The van der Waals surface area contributed by atoms with Crippen molar-refractivity contribution < 1.29 is 14.3 Å². The van der Waals surface area contributed by atoms with E-state index in [-0.39, 0.29) is 23.1 Å². The maximum Gasteiger partial charge on any atom is 0.332 e. The summed E-state index contributed by atoms with van der Waals surface area (Å²) in [5, 5.41) is 2.90. The topological polar surface area (TPSA) is 104 Å². The molecule has 0 aliphatic rings. The van der Waals surface area contributed by atoms with Crippen LogP contribution < -0.4 is 26.0 Å². The number of pyridine rings is 1. The van der Waals surface area contributed by atoms with Crippen LogP contribution in [0.2, 0.25) is 0 Å². The van der Waals surface area contributed by atoms with E-state index < -0.39 is 17.2 Å². The molecule has 0 saturated heterocycles. The maximum atomic E-state index is 13.0. The van der Waals surface area contributed by atoms with E-state index in [1.165, 1.54) is 31.8 Å². The minimum absolute atomic E-state index is 0.0929. The highest BCUT2D eigenvalue weighted by atomic mass is 16.5. The van der Waals surface area contributed by atoms with Gasteiger partial charge in [0, 0.05) is 31.9 Å². The molecule has 2 aromatic heterocycles. The fourth-order valence-electron chi connectivity index (χ4n) is 3.15. The Morgan fingerprint density at radius 3 is 2.48 bits per heavy atom. The van der Waals surface area contributed by atoms with Crippen LogP contribution in [0.25, 0.3) is 11.0 Å². The first-order valence-corrected chi connectivity index (χ1v) is 8.85. The highest BCUT2D eigenvalue weighted by molar-refractivity contribution is 6.05. The number of ether oxygens (including phenoxy) is 2. The number of amides is 1. The summed E-state index contributed by atoms with van der Waals surface area (Å²) in [4.78, 5) is 42.1. The van der Waals surface area contributed by atoms with E-state index in [4.69, 9.17) is 9.47 Å². The second-order valence-electron chi connectivity index (χ2n) is 6.58. The van der Waals surface area contributed by atoms with E-state index in [0.717, 1.165) is 10.1 Å². The van der Waals surface area contributed by atoms with Crippen LogP contribution in [-0.4, -0.2) is 34.2 Å². The molecule has 152 valence electrons. The summed E-state index contributed by atoms with van der Waals surface area (Å²) >= 11 is 0. The molecule has 0 spiro atoms. The summed E-state index contributed by atoms with van der Waals surface area (Å²) in [7, 11) is 5.97. The number of hydrogen-bond acceptors (Lipinski definition) is 6. The third-order valence-electron chi connectivity index (χ3n) is 4.71. The fourth-order valence-corrected chi connectivity index (χ4v) is 3.15. The number of fused-ring (bicyclic) bond motifs is 1. The number of nitrogens with zero attached hydrogens (tertiary/aromatic N) is 3. The van der Waals surface area contributed by atoms with Gasteiger partial charge in [0.05, 0.1) is 25.2 Å². The van der Waals surface area contributed by atoms with Gasteiger partial charge in [-0.25, -0.2) is 9.78 Å². The first-order chi connectivity index (χ1) is 13.8. The number of methoxy groups -OCH3 is 2. The highest BCUT2D eigenvalue weighted by Gasteiger charge is 2.19. The Bertz CT molecular complexity index is 1230. The molecular weight excluding hydrogens is 376 g/mol. The molecule has 0 atom stereocenters. The number of aromatic nitrogens is 3. The van der Waals surface area contributed by atoms with E-state index >= 15 is 0 Å². The minimum Gasteiger partial charge on any atom is -0.497 e. The summed E-state index contributed by atoms with van der Waals surface area (Å²) in [5.74, 6) is 0.769. The molecule has 1 amide bonds. The average molecular weight is 398 g/mol. The predicted molar refractivity (Wildman–Crippen MR) is 108 cm³/mol. The monoisotopic (exact) mass is 398 g/mol. The Morgan fingerprint density at radius 1 is 1.10 bits per heavy atom. The summed E-state index contributed by atoms with van der Waals surface area (Å²) < 4.78 is 12.8. The Labute approximate surface area is 166 Å². The van der Waals surface area contributed by atoms with Crippen LogP contribution in [0.4, 0.5) is 0 Å². The number of nitrogens with one attached hydrogen (secondary N) is 1. The van der Waals surface area contributed by atoms with Crippen molar-refractivity contribution in [2.24, 2.45) is 14.1 Å². The lowest BCUT2D eigenvalue weighted by molar-refractivity contribution is 0.0952. The number of aryl methyl sites for hydroxylation is 2. The molecule has 29 heavy (non-hydrogen) atoms. The molecule has 9 nitrogen and oxygen atoms in total. The van der Waals surface area contributed by atoms with E-state index in [1.807, 2.05) is 0 Å². The standard InChI is InChI=1S/C20H22N4O5/c1-11-8-14(16-17(22-11)23(2)20(27)24(3)19(16)26)18(25)21-10-12-9-13(28-4)6-7-15(12)29-5/h6-9H,10H2,1-5H3,(H,21,25). The lowest BCUT2D eigenvalue weighted by atomic mass is 10.1. The minimum atomic E-state index is -0.570. The van der Waals surface area contributed by atoms with Crippen molar-refractivity contribution in [2.75, 3.05) is 14.2 Å². The van der Waals surface area contributed by atoms with Gasteiger partial charge < -0.3 is 14.8 Å². The predicted octanol–water partition coefficient (Wildman–Crippen LogP) is 0.888. The zero-order valence-electron chi connectivity index (χ0n) is 16.9. The number of benzene rings is 1. The molecule has 3 rings (SSSR count). The highest BCUT2D eigenvalue weighted by Crippen LogP contribution is 2.24. The molecule has 0 fully saturated rings. The lowest BCUT2D eigenvalue weighted by Gasteiger charge is -2.13. The van der Waals surface area contributed by atoms with Gasteiger partial charge in [-0.3, -0.25) is 18.7 Å². The summed E-state index contributed by atoms with van der Waals surface area (Å²) in [6.45, 7) is 1.86. The number of carbonyl (C=O) groups is 1. The van der Waals surface area contributed by atoms with Crippen molar-refractivity contribution in [3.05, 3.63) is 61.9 Å².